The molecule has 4 N–H and O–H groups in total. The van der Waals surface area contributed by atoms with E-state index >= 15 is 0 Å². The number of aromatic nitrogens is 4. The number of fused-ring (bicyclic) bond motifs is 14. The minimum Gasteiger partial charge on any atom is -0.357 e. The highest BCUT2D eigenvalue weighted by Gasteiger charge is 2.45. The summed E-state index contributed by atoms with van der Waals surface area (Å²) in [4.78, 5) is 41.0. The number of hydrogen-bond acceptors (Lipinski definition) is 4. The Labute approximate surface area is 280 Å². The summed E-state index contributed by atoms with van der Waals surface area (Å²) in [6.45, 7) is 0. The molecule has 6 heterocycles. The van der Waals surface area contributed by atoms with Gasteiger partial charge in [0.1, 0.15) is 11.0 Å². The number of H-pyrrole nitrogens is 2. The Morgan fingerprint density at radius 1 is 0.708 bits per heavy atom. The molecule has 6 aliphatic rings. The summed E-state index contributed by atoms with van der Waals surface area (Å²) in [5, 5.41) is 6.81. The first-order valence-corrected chi connectivity index (χ1v) is 17.3. The fourth-order valence-corrected chi connectivity index (χ4v) is 8.96. The molecule has 5 aromatic rings. The molecule has 11 rings (SSSR count). The van der Waals surface area contributed by atoms with Crippen molar-refractivity contribution in [1.82, 2.24) is 30.6 Å². The summed E-state index contributed by atoms with van der Waals surface area (Å²) >= 11 is 6.06. The summed E-state index contributed by atoms with van der Waals surface area (Å²) in [6, 6.07) is 11.1. The second kappa shape index (κ2) is 10.4. The molecule has 4 aliphatic carbocycles. The van der Waals surface area contributed by atoms with Crippen LogP contribution in [0.4, 0.5) is 4.39 Å². The van der Waals surface area contributed by atoms with E-state index in [0.717, 1.165) is 119 Å². The molecule has 0 spiro atoms. The summed E-state index contributed by atoms with van der Waals surface area (Å²) < 4.78 is 13.6. The average molecular weight is 659 g/mol. The fraction of sp³-hybridized carbons (Fsp3) is 0.316. The second-order valence-corrected chi connectivity index (χ2v) is 14.4. The van der Waals surface area contributed by atoms with Crippen LogP contribution in [0.25, 0.3) is 33.8 Å². The molecule has 48 heavy (non-hydrogen) atoms. The maximum absolute atomic E-state index is 13.6. The first kappa shape index (κ1) is 28.3. The van der Waals surface area contributed by atoms with Crippen molar-refractivity contribution >= 4 is 23.4 Å². The number of nitrogens with one attached hydrogen (secondary N) is 4. The third-order valence-electron chi connectivity index (χ3n) is 11.5. The average Bonchev–Trinajstić information content (AvgIpc) is 3.64. The number of benzene rings is 1. The van der Waals surface area contributed by atoms with Gasteiger partial charge in [-0.15, -0.1) is 0 Å². The highest BCUT2D eigenvalue weighted by molar-refractivity contribution is 6.29. The van der Waals surface area contributed by atoms with Gasteiger partial charge in [0, 0.05) is 64.4 Å². The van der Waals surface area contributed by atoms with Crippen LogP contribution in [-0.2, 0) is 25.7 Å². The quantitative estimate of drug-likeness (QED) is 0.149. The Morgan fingerprint density at radius 2 is 1.29 bits per heavy atom. The molecule has 2 fully saturated rings. The normalized spacial score (nSPS) is 23.4. The van der Waals surface area contributed by atoms with Crippen LogP contribution in [0.3, 0.4) is 0 Å². The van der Waals surface area contributed by atoms with E-state index in [2.05, 4.69) is 30.6 Å². The zero-order valence-corrected chi connectivity index (χ0v) is 26.8. The lowest BCUT2D eigenvalue weighted by molar-refractivity contribution is 0.0867. The molecule has 0 saturated heterocycles. The summed E-state index contributed by atoms with van der Waals surface area (Å²) in [7, 11) is 0. The number of carbonyl (C=O) groups excluding carboxylic acids is 2. The van der Waals surface area contributed by atoms with E-state index in [1.165, 1.54) is 23.3 Å². The van der Waals surface area contributed by atoms with Crippen LogP contribution in [0.1, 0.15) is 91.9 Å². The predicted molar refractivity (Wildman–Crippen MR) is 180 cm³/mol. The maximum atomic E-state index is 13.6. The monoisotopic (exact) mass is 658 g/mol. The minimum absolute atomic E-state index is 0.0614. The smallest absolute Gasteiger partial charge is 0.253 e. The third kappa shape index (κ3) is 4.12. The lowest BCUT2D eigenvalue weighted by Crippen LogP contribution is -2.50. The minimum atomic E-state index is -0.268. The lowest BCUT2D eigenvalue weighted by Gasteiger charge is -2.40. The Hall–Kier alpha value is -4.76. The van der Waals surface area contributed by atoms with Crippen molar-refractivity contribution in [3.63, 3.8) is 0 Å². The van der Waals surface area contributed by atoms with Gasteiger partial charge in [0.2, 0.25) is 0 Å². The SMILES string of the molecule is O=C1NC2CCC2c2[nH]c3c(c21)CCc1cnc(-c2cccc(F)c2)cc1-3.O=C1NC2CCC2c2[nH]c3c(c21)CCc1cnc(Cl)cc1-3. The molecule has 240 valence electrons. The van der Waals surface area contributed by atoms with Gasteiger partial charge < -0.3 is 20.6 Å². The number of pyridine rings is 2. The van der Waals surface area contributed by atoms with E-state index in [1.54, 1.807) is 6.07 Å². The third-order valence-corrected chi connectivity index (χ3v) is 11.7. The van der Waals surface area contributed by atoms with Gasteiger partial charge in [-0.2, -0.15) is 0 Å². The summed E-state index contributed by atoms with van der Waals surface area (Å²) in [6.07, 6.45) is 11.7. The number of rotatable bonds is 1. The van der Waals surface area contributed by atoms with Crippen molar-refractivity contribution < 1.29 is 14.0 Å². The number of hydrogen-bond donors (Lipinski definition) is 4. The van der Waals surface area contributed by atoms with E-state index in [1.807, 2.05) is 30.6 Å². The number of aromatic amines is 2. The molecule has 4 unspecified atom stereocenters. The van der Waals surface area contributed by atoms with Crippen LogP contribution in [0, 0.1) is 5.82 Å². The molecular formula is C38H32ClFN6O2. The summed E-state index contributed by atoms with van der Waals surface area (Å²) in [5.74, 6) is 0.759. The van der Waals surface area contributed by atoms with Crippen LogP contribution in [0.2, 0.25) is 5.15 Å². The molecule has 2 aliphatic heterocycles. The Bertz CT molecular complexity index is 2220. The highest BCUT2D eigenvalue weighted by atomic mass is 35.5. The van der Waals surface area contributed by atoms with E-state index in [0.29, 0.717) is 23.0 Å². The largest absolute Gasteiger partial charge is 0.357 e. The van der Waals surface area contributed by atoms with Gasteiger partial charge in [-0.05, 0) is 97.9 Å². The van der Waals surface area contributed by atoms with Crippen LogP contribution >= 0.6 is 11.6 Å². The molecule has 10 heteroatoms. The second-order valence-electron chi connectivity index (χ2n) is 14.0. The van der Waals surface area contributed by atoms with Gasteiger partial charge >= 0.3 is 0 Å². The number of aryl methyl sites for hydroxylation is 2. The van der Waals surface area contributed by atoms with Crippen LogP contribution in [0.15, 0.2) is 48.8 Å². The Balaban J connectivity index is 0.000000127. The highest BCUT2D eigenvalue weighted by Crippen LogP contribution is 2.48. The van der Waals surface area contributed by atoms with Crippen molar-refractivity contribution in [2.45, 2.75) is 75.3 Å². The topological polar surface area (TPSA) is 116 Å². The first-order valence-electron chi connectivity index (χ1n) is 16.9. The van der Waals surface area contributed by atoms with Gasteiger partial charge in [0.25, 0.3) is 11.8 Å². The molecule has 1 aromatic carbocycles. The van der Waals surface area contributed by atoms with E-state index in [9.17, 15) is 14.0 Å². The zero-order valence-electron chi connectivity index (χ0n) is 26.1. The van der Waals surface area contributed by atoms with Crippen LogP contribution < -0.4 is 10.6 Å². The molecule has 2 saturated carbocycles. The molecule has 0 bridgehead atoms. The molecule has 8 nitrogen and oxygen atoms in total. The standard InChI is InChI=1S/C22H18FN3O.C16H14ClN3O/c23-13-3-1-2-11(8-13)18-9-16-12(10-24-18)4-5-15-19-21(26-20(15)16)14-6-7-17(14)25-22(19)27;17-12-5-10-7(6-18-12)1-2-9-13-15(20-14(9)10)8-3-4-11(8)19-16(13)21/h1-3,8-10,14,17,26H,4-7H2,(H,25,27);5-6,8,11,20H,1-4H2,(H,19,21). The van der Waals surface area contributed by atoms with Gasteiger partial charge in [0.05, 0.1) is 28.2 Å². The Morgan fingerprint density at radius 3 is 1.85 bits per heavy atom. The first-order chi connectivity index (χ1) is 23.4. The molecule has 4 atom stereocenters. The molecule has 0 radical (unpaired) electrons. The van der Waals surface area contributed by atoms with E-state index in [4.69, 9.17) is 11.6 Å². The van der Waals surface area contributed by atoms with Crippen molar-refractivity contribution in [2.24, 2.45) is 0 Å². The van der Waals surface area contributed by atoms with Gasteiger partial charge in [0.15, 0.2) is 0 Å². The van der Waals surface area contributed by atoms with Crippen molar-refractivity contribution in [1.29, 1.82) is 0 Å². The van der Waals surface area contributed by atoms with E-state index < -0.39 is 0 Å². The molecule has 2 amide bonds. The predicted octanol–water partition coefficient (Wildman–Crippen LogP) is 6.79. The van der Waals surface area contributed by atoms with Crippen molar-refractivity contribution in [3.8, 4) is 33.8 Å². The number of amides is 2. The number of nitrogens with zero attached hydrogens (tertiary/aromatic N) is 2. The fourth-order valence-electron chi connectivity index (χ4n) is 8.80. The van der Waals surface area contributed by atoms with Crippen molar-refractivity contribution in [3.05, 3.63) is 105 Å². The van der Waals surface area contributed by atoms with Gasteiger partial charge in [-0.25, -0.2) is 9.37 Å². The maximum Gasteiger partial charge on any atom is 0.253 e. The van der Waals surface area contributed by atoms with Gasteiger partial charge in [-0.3, -0.25) is 14.6 Å². The lowest BCUT2D eigenvalue weighted by atomic mass is 9.73. The number of halogens is 2. The van der Waals surface area contributed by atoms with Crippen LogP contribution in [-0.4, -0.2) is 43.8 Å². The molecular weight excluding hydrogens is 627 g/mol. The van der Waals surface area contributed by atoms with Gasteiger partial charge in [-0.1, -0.05) is 23.7 Å². The number of carbonyl (C=O) groups is 2. The van der Waals surface area contributed by atoms with E-state index in [-0.39, 0.29) is 23.7 Å². The van der Waals surface area contributed by atoms with Crippen LogP contribution in [0.5, 0.6) is 0 Å². The molecule has 4 aromatic heterocycles. The summed E-state index contributed by atoms with van der Waals surface area (Å²) in [5.41, 5.74) is 14.5. The zero-order chi connectivity index (χ0) is 32.3. The van der Waals surface area contributed by atoms with Crippen molar-refractivity contribution in [2.75, 3.05) is 0 Å². The Kier molecular flexibility index (Phi) is 6.11.